The van der Waals surface area contributed by atoms with Gasteiger partial charge in [0.15, 0.2) is 0 Å². The molecule has 0 atom stereocenters. The Balaban J connectivity index is 1.81. The van der Waals surface area contributed by atoms with Crippen LogP contribution in [0.3, 0.4) is 0 Å². The lowest BCUT2D eigenvalue weighted by Gasteiger charge is -2.34. The number of piperazine rings is 1. The van der Waals surface area contributed by atoms with Gasteiger partial charge in [-0.15, -0.1) is 0 Å². The molecule has 1 aromatic carbocycles. The first-order valence-corrected chi connectivity index (χ1v) is 8.04. The molecule has 4 heteroatoms. The molecule has 0 N–H and O–H groups in total. The fourth-order valence-corrected chi connectivity index (χ4v) is 2.83. The lowest BCUT2D eigenvalue weighted by Crippen LogP contribution is -2.47. The van der Waals surface area contributed by atoms with Gasteiger partial charge >= 0.3 is 0 Å². The molecule has 1 fully saturated rings. The van der Waals surface area contributed by atoms with Gasteiger partial charge < -0.3 is 14.7 Å². The molecule has 0 unspecified atom stereocenters. The quantitative estimate of drug-likeness (QED) is 0.802. The van der Waals surface area contributed by atoms with Crippen molar-refractivity contribution in [3.05, 3.63) is 30.3 Å². The van der Waals surface area contributed by atoms with E-state index in [1.807, 2.05) is 42.2 Å². The van der Waals surface area contributed by atoms with Crippen LogP contribution < -0.4 is 4.90 Å². The molecular weight excluding hydrogens is 262 g/mol. The van der Waals surface area contributed by atoms with Gasteiger partial charge in [-0.2, -0.15) is 0 Å². The minimum absolute atomic E-state index is 0.224. The van der Waals surface area contributed by atoms with Crippen LogP contribution in [0.5, 0.6) is 0 Å². The maximum absolute atomic E-state index is 12.4. The van der Waals surface area contributed by atoms with Crippen LogP contribution in [-0.4, -0.2) is 61.5 Å². The van der Waals surface area contributed by atoms with E-state index in [4.69, 9.17) is 0 Å². The van der Waals surface area contributed by atoms with E-state index in [1.54, 1.807) is 0 Å². The number of amides is 1. The highest BCUT2D eigenvalue weighted by Crippen LogP contribution is 2.14. The fourth-order valence-electron chi connectivity index (χ4n) is 2.83. The summed E-state index contributed by atoms with van der Waals surface area (Å²) >= 11 is 0. The topological polar surface area (TPSA) is 26.8 Å². The predicted octanol–water partition coefficient (Wildman–Crippen LogP) is 2.07. The van der Waals surface area contributed by atoms with E-state index < -0.39 is 0 Å². The highest BCUT2D eigenvalue weighted by atomic mass is 16.2. The SMILES string of the molecule is CCN1CCN(CCC(=O)N(CC)c2ccccc2)CC1. The predicted molar refractivity (Wildman–Crippen MR) is 87.6 cm³/mol. The molecule has 0 aromatic heterocycles. The smallest absolute Gasteiger partial charge is 0.228 e. The lowest BCUT2D eigenvalue weighted by atomic mass is 10.2. The van der Waals surface area contributed by atoms with Gasteiger partial charge in [0.2, 0.25) is 5.91 Å². The fraction of sp³-hybridized carbons (Fsp3) is 0.588. The number of anilines is 1. The summed E-state index contributed by atoms with van der Waals surface area (Å²) in [6.45, 7) is 11.4. The summed E-state index contributed by atoms with van der Waals surface area (Å²) in [7, 11) is 0. The van der Waals surface area contributed by atoms with Crippen molar-refractivity contribution >= 4 is 11.6 Å². The summed E-state index contributed by atoms with van der Waals surface area (Å²) in [6, 6.07) is 9.95. The van der Waals surface area contributed by atoms with Gasteiger partial charge in [-0.3, -0.25) is 4.79 Å². The van der Waals surface area contributed by atoms with Crippen LogP contribution in [0.1, 0.15) is 20.3 Å². The molecule has 0 aliphatic carbocycles. The summed E-state index contributed by atoms with van der Waals surface area (Å²) in [4.78, 5) is 19.2. The molecule has 21 heavy (non-hydrogen) atoms. The maximum Gasteiger partial charge on any atom is 0.228 e. The summed E-state index contributed by atoms with van der Waals surface area (Å²) < 4.78 is 0. The highest BCUT2D eigenvalue weighted by molar-refractivity contribution is 5.93. The van der Waals surface area contributed by atoms with Crippen molar-refractivity contribution in [2.24, 2.45) is 0 Å². The molecule has 2 rings (SSSR count). The van der Waals surface area contributed by atoms with Crippen molar-refractivity contribution in [1.82, 2.24) is 9.80 Å². The van der Waals surface area contributed by atoms with Gasteiger partial charge in [0.1, 0.15) is 0 Å². The first kappa shape index (κ1) is 16.0. The minimum atomic E-state index is 0.224. The van der Waals surface area contributed by atoms with Gasteiger partial charge in [-0.25, -0.2) is 0 Å². The average molecular weight is 289 g/mol. The third kappa shape index (κ3) is 4.55. The van der Waals surface area contributed by atoms with E-state index >= 15 is 0 Å². The Hall–Kier alpha value is -1.39. The maximum atomic E-state index is 12.4. The number of para-hydroxylation sites is 1. The molecule has 1 aliphatic heterocycles. The van der Waals surface area contributed by atoms with Gasteiger partial charge in [-0.1, -0.05) is 25.1 Å². The second kappa shape index (κ2) is 8.15. The first-order chi connectivity index (χ1) is 10.2. The van der Waals surface area contributed by atoms with E-state index in [2.05, 4.69) is 16.7 Å². The normalized spacial score (nSPS) is 16.9. The standard InChI is InChI=1S/C17H27N3O/c1-3-18-12-14-19(15-13-18)11-10-17(21)20(4-2)16-8-6-5-7-9-16/h5-9H,3-4,10-15H2,1-2H3. The van der Waals surface area contributed by atoms with Crippen LogP contribution in [0.15, 0.2) is 30.3 Å². The van der Waals surface area contributed by atoms with E-state index in [-0.39, 0.29) is 5.91 Å². The molecule has 0 radical (unpaired) electrons. The number of benzene rings is 1. The number of likely N-dealkylation sites (N-methyl/N-ethyl adjacent to an activating group) is 1. The Morgan fingerprint density at radius 1 is 1.05 bits per heavy atom. The number of nitrogens with zero attached hydrogens (tertiary/aromatic N) is 3. The molecule has 0 bridgehead atoms. The van der Waals surface area contributed by atoms with Crippen molar-refractivity contribution in [2.45, 2.75) is 20.3 Å². The average Bonchev–Trinajstić information content (AvgIpc) is 2.55. The van der Waals surface area contributed by atoms with Crippen LogP contribution in [0.4, 0.5) is 5.69 Å². The molecule has 1 amide bonds. The Morgan fingerprint density at radius 3 is 2.24 bits per heavy atom. The van der Waals surface area contributed by atoms with Gasteiger partial charge in [-0.05, 0) is 25.6 Å². The summed E-state index contributed by atoms with van der Waals surface area (Å²) in [5.41, 5.74) is 1.00. The summed E-state index contributed by atoms with van der Waals surface area (Å²) in [5, 5.41) is 0. The zero-order valence-electron chi connectivity index (χ0n) is 13.3. The number of rotatable bonds is 6. The lowest BCUT2D eigenvalue weighted by molar-refractivity contribution is -0.119. The van der Waals surface area contributed by atoms with Crippen molar-refractivity contribution in [3.8, 4) is 0 Å². The van der Waals surface area contributed by atoms with Gasteiger partial charge in [0.05, 0.1) is 0 Å². The van der Waals surface area contributed by atoms with E-state index in [0.29, 0.717) is 6.42 Å². The zero-order valence-corrected chi connectivity index (χ0v) is 13.3. The summed E-state index contributed by atoms with van der Waals surface area (Å²) in [6.07, 6.45) is 0.606. The van der Waals surface area contributed by atoms with E-state index in [0.717, 1.165) is 51.5 Å². The Bertz CT molecular complexity index is 427. The van der Waals surface area contributed by atoms with E-state index in [9.17, 15) is 4.79 Å². The third-order valence-electron chi connectivity index (χ3n) is 4.24. The summed E-state index contributed by atoms with van der Waals surface area (Å²) in [5.74, 6) is 0.224. The molecule has 1 aromatic rings. The molecule has 1 saturated heterocycles. The molecule has 0 spiro atoms. The molecule has 1 heterocycles. The monoisotopic (exact) mass is 289 g/mol. The van der Waals surface area contributed by atoms with Crippen LogP contribution >= 0.6 is 0 Å². The number of hydrogen-bond donors (Lipinski definition) is 0. The Kier molecular flexibility index (Phi) is 6.21. The largest absolute Gasteiger partial charge is 0.313 e. The van der Waals surface area contributed by atoms with E-state index in [1.165, 1.54) is 0 Å². The molecule has 4 nitrogen and oxygen atoms in total. The number of carbonyl (C=O) groups is 1. The first-order valence-electron chi connectivity index (χ1n) is 8.04. The second-order valence-corrected chi connectivity index (χ2v) is 5.50. The van der Waals surface area contributed by atoms with Crippen LogP contribution in [0, 0.1) is 0 Å². The Labute approximate surface area is 128 Å². The van der Waals surface area contributed by atoms with Gasteiger partial charge in [0, 0.05) is 51.4 Å². The molecular formula is C17H27N3O. The van der Waals surface area contributed by atoms with Crippen LogP contribution in [0.2, 0.25) is 0 Å². The van der Waals surface area contributed by atoms with Gasteiger partial charge in [0.25, 0.3) is 0 Å². The number of carbonyl (C=O) groups excluding carboxylic acids is 1. The van der Waals surface area contributed by atoms with Crippen molar-refractivity contribution in [1.29, 1.82) is 0 Å². The Morgan fingerprint density at radius 2 is 1.67 bits per heavy atom. The van der Waals surface area contributed by atoms with Crippen LogP contribution in [-0.2, 0) is 4.79 Å². The van der Waals surface area contributed by atoms with Crippen LogP contribution in [0.25, 0.3) is 0 Å². The molecule has 116 valence electrons. The van der Waals surface area contributed by atoms with Crippen molar-refractivity contribution in [3.63, 3.8) is 0 Å². The van der Waals surface area contributed by atoms with Crippen molar-refractivity contribution in [2.75, 3.05) is 50.7 Å². The molecule has 0 saturated carbocycles. The van der Waals surface area contributed by atoms with Crippen molar-refractivity contribution < 1.29 is 4.79 Å². The minimum Gasteiger partial charge on any atom is -0.313 e. The third-order valence-corrected chi connectivity index (χ3v) is 4.24. The molecule has 1 aliphatic rings. The highest BCUT2D eigenvalue weighted by Gasteiger charge is 2.18. The zero-order chi connectivity index (χ0) is 15.1. The number of hydrogen-bond acceptors (Lipinski definition) is 3. The second-order valence-electron chi connectivity index (χ2n) is 5.50.